The van der Waals surface area contributed by atoms with Crippen LogP contribution in [0.2, 0.25) is 0 Å². The molecule has 3 atom stereocenters. The summed E-state index contributed by atoms with van der Waals surface area (Å²) >= 11 is 0. The van der Waals surface area contributed by atoms with Crippen molar-refractivity contribution in [3.63, 3.8) is 0 Å². The van der Waals surface area contributed by atoms with Gasteiger partial charge < -0.3 is 19.6 Å². The molecule has 0 unspecified atom stereocenters. The van der Waals surface area contributed by atoms with Gasteiger partial charge in [0.1, 0.15) is 17.5 Å². The number of halogens is 1. The number of rotatable bonds is 6. The minimum absolute atomic E-state index is 0.171. The molecule has 1 aromatic heterocycles. The average molecular weight is 482 g/mol. The number of carbonyl (C=O) groups excluding carboxylic acids is 2. The zero-order valence-electron chi connectivity index (χ0n) is 20.6. The van der Waals surface area contributed by atoms with Crippen LogP contribution in [0, 0.1) is 23.6 Å². The number of nitrogens with zero attached hydrogens (tertiary/aromatic N) is 3. The fourth-order valence-electron chi connectivity index (χ4n) is 3.84. The number of hydrogen-bond donors (Lipinski definition) is 1. The van der Waals surface area contributed by atoms with E-state index in [0.717, 1.165) is 12.8 Å². The van der Waals surface area contributed by atoms with Crippen molar-refractivity contribution in [2.24, 2.45) is 5.92 Å². The number of hydrogen-bond acceptors (Lipinski definition) is 5. The molecule has 0 saturated carbocycles. The SMILES string of the molecule is CCCC#Cc1cnc2c(c1)C(=O)N([C@@H](C)CO)C[C@H](C)[C@H](CN(C)C(=O)c1ccc(F)cc1)O2. The van der Waals surface area contributed by atoms with E-state index >= 15 is 0 Å². The van der Waals surface area contributed by atoms with E-state index in [9.17, 15) is 19.1 Å². The maximum absolute atomic E-state index is 13.4. The molecule has 2 amide bonds. The van der Waals surface area contributed by atoms with Gasteiger partial charge in [-0.05, 0) is 43.7 Å². The van der Waals surface area contributed by atoms with Crippen LogP contribution in [-0.2, 0) is 0 Å². The molecule has 3 rings (SSSR count). The molecule has 0 bridgehead atoms. The molecule has 35 heavy (non-hydrogen) atoms. The molecule has 2 heterocycles. The largest absolute Gasteiger partial charge is 0.472 e. The number of aliphatic hydroxyl groups excluding tert-OH is 1. The minimum Gasteiger partial charge on any atom is -0.472 e. The Hall–Kier alpha value is -3.44. The summed E-state index contributed by atoms with van der Waals surface area (Å²) in [7, 11) is 1.65. The van der Waals surface area contributed by atoms with Crippen LogP contribution in [0.3, 0.4) is 0 Å². The average Bonchev–Trinajstić information content (AvgIpc) is 2.86. The van der Waals surface area contributed by atoms with Gasteiger partial charge in [-0.3, -0.25) is 9.59 Å². The Balaban J connectivity index is 1.92. The van der Waals surface area contributed by atoms with Gasteiger partial charge in [0, 0.05) is 43.3 Å². The lowest BCUT2D eigenvalue weighted by atomic mass is 9.99. The summed E-state index contributed by atoms with van der Waals surface area (Å²) < 4.78 is 19.5. The fourth-order valence-corrected chi connectivity index (χ4v) is 3.84. The van der Waals surface area contributed by atoms with E-state index in [1.165, 1.54) is 29.2 Å². The highest BCUT2D eigenvalue weighted by Gasteiger charge is 2.34. The zero-order chi connectivity index (χ0) is 25.5. The lowest BCUT2D eigenvalue weighted by Gasteiger charge is -2.37. The Bertz CT molecular complexity index is 1110. The Labute approximate surface area is 205 Å². The van der Waals surface area contributed by atoms with Gasteiger partial charge in [-0.1, -0.05) is 25.7 Å². The Morgan fingerprint density at radius 3 is 2.74 bits per heavy atom. The number of fused-ring (bicyclic) bond motifs is 1. The van der Waals surface area contributed by atoms with Crippen LogP contribution in [0.5, 0.6) is 5.88 Å². The molecule has 7 nitrogen and oxygen atoms in total. The van der Waals surface area contributed by atoms with Crippen molar-refractivity contribution in [1.29, 1.82) is 0 Å². The van der Waals surface area contributed by atoms with Gasteiger partial charge in [-0.2, -0.15) is 0 Å². The molecule has 8 heteroatoms. The van der Waals surface area contributed by atoms with Crippen molar-refractivity contribution in [3.05, 3.63) is 59.0 Å². The summed E-state index contributed by atoms with van der Waals surface area (Å²) in [5, 5.41) is 9.79. The molecular weight excluding hydrogens is 449 g/mol. The molecule has 0 saturated heterocycles. The third-order valence-electron chi connectivity index (χ3n) is 6.02. The maximum Gasteiger partial charge on any atom is 0.259 e. The second-order valence-corrected chi connectivity index (χ2v) is 8.94. The summed E-state index contributed by atoms with van der Waals surface area (Å²) in [6.45, 7) is 6.12. The lowest BCUT2D eigenvalue weighted by Crippen LogP contribution is -2.50. The van der Waals surface area contributed by atoms with Gasteiger partial charge >= 0.3 is 0 Å². The first-order valence-corrected chi connectivity index (χ1v) is 11.8. The molecule has 186 valence electrons. The first-order valence-electron chi connectivity index (χ1n) is 11.8. The highest BCUT2D eigenvalue weighted by atomic mass is 19.1. The molecule has 1 N–H and O–H groups in total. The predicted molar refractivity (Wildman–Crippen MR) is 131 cm³/mol. The highest BCUT2D eigenvalue weighted by Crippen LogP contribution is 2.27. The summed E-state index contributed by atoms with van der Waals surface area (Å²) in [5.74, 6) is 5.12. The van der Waals surface area contributed by atoms with E-state index < -0.39 is 18.0 Å². The number of amides is 2. The molecule has 1 aliphatic rings. The van der Waals surface area contributed by atoms with Crippen molar-refractivity contribution in [2.75, 3.05) is 26.7 Å². The number of benzene rings is 1. The third kappa shape index (κ3) is 6.37. The van der Waals surface area contributed by atoms with Crippen molar-refractivity contribution in [1.82, 2.24) is 14.8 Å². The van der Waals surface area contributed by atoms with Crippen LogP contribution >= 0.6 is 0 Å². The van der Waals surface area contributed by atoms with Crippen molar-refractivity contribution in [2.45, 2.75) is 45.8 Å². The molecule has 0 fully saturated rings. The Morgan fingerprint density at radius 2 is 2.09 bits per heavy atom. The molecular formula is C27H32FN3O4. The number of likely N-dealkylation sites (N-methyl/N-ethyl adjacent to an activating group) is 1. The summed E-state index contributed by atoms with van der Waals surface area (Å²) in [6.07, 6.45) is 2.77. The molecule has 1 aliphatic heterocycles. The zero-order valence-corrected chi connectivity index (χ0v) is 20.6. The van der Waals surface area contributed by atoms with Crippen LogP contribution in [-0.4, -0.2) is 70.6 Å². The second-order valence-electron chi connectivity index (χ2n) is 8.94. The first kappa shape index (κ1) is 26.2. The molecule has 1 aromatic carbocycles. The highest BCUT2D eigenvalue weighted by molar-refractivity contribution is 5.97. The molecule has 0 radical (unpaired) electrons. The van der Waals surface area contributed by atoms with Crippen molar-refractivity contribution >= 4 is 11.8 Å². The van der Waals surface area contributed by atoms with E-state index in [2.05, 4.69) is 16.8 Å². The van der Waals surface area contributed by atoms with E-state index in [1.807, 2.05) is 13.8 Å². The smallest absolute Gasteiger partial charge is 0.259 e. The minimum atomic E-state index is -0.478. The number of aliphatic hydroxyl groups is 1. The Kier molecular flexibility index (Phi) is 8.83. The van der Waals surface area contributed by atoms with Crippen molar-refractivity contribution < 1.29 is 23.8 Å². The van der Waals surface area contributed by atoms with Gasteiger partial charge in [-0.15, -0.1) is 0 Å². The normalized spacial score (nSPS) is 18.3. The quantitative estimate of drug-likeness (QED) is 0.640. The number of carbonyl (C=O) groups is 2. The number of pyridine rings is 1. The van der Waals surface area contributed by atoms with Crippen LogP contribution < -0.4 is 4.74 Å². The van der Waals surface area contributed by atoms with Gasteiger partial charge in [0.25, 0.3) is 11.8 Å². The predicted octanol–water partition coefficient (Wildman–Crippen LogP) is 3.36. The Morgan fingerprint density at radius 1 is 1.37 bits per heavy atom. The third-order valence-corrected chi connectivity index (χ3v) is 6.02. The van der Waals surface area contributed by atoms with Gasteiger partial charge in [0.2, 0.25) is 5.88 Å². The van der Waals surface area contributed by atoms with Gasteiger partial charge in [-0.25, -0.2) is 9.37 Å². The van der Waals surface area contributed by atoms with E-state index in [0.29, 0.717) is 17.7 Å². The van der Waals surface area contributed by atoms with Crippen LogP contribution in [0.15, 0.2) is 36.5 Å². The maximum atomic E-state index is 13.4. The standard InChI is InChI=1S/C27H32FN3O4/c1-5-6-7-8-20-13-23-25(29-14-20)35-24(18(2)15-31(27(23)34)19(3)17-32)16-30(4)26(33)21-9-11-22(28)12-10-21/h9-14,18-19,24,32H,5-6,15-17H2,1-4H3/t18-,19-,24-/m0/s1. The number of aromatic nitrogens is 1. The topological polar surface area (TPSA) is 83.0 Å². The number of unbranched alkanes of at least 4 members (excludes halogenated alkanes) is 1. The summed E-state index contributed by atoms with van der Waals surface area (Å²) in [4.78, 5) is 33.8. The monoisotopic (exact) mass is 481 g/mol. The van der Waals surface area contributed by atoms with Crippen LogP contribution in [0.1, 0.15) is 59.9 Å². The molecule has 0 aliphatic carbocycles. The first-order chi connectivity index (χ1) is 16.7. The van der Waals surface area contributed by atoms with Gasteiger partial charge in [0.15, 0.2) is 0 Å². The number of ether oxygens (including phenoxy) is 1. The summed E-state index contributed by atoms with van der Waals surface area (Å²) in [5.41, 5.74) is 1.25. The van der Waals surface area contributed by atoms with Crippen LogP contribution in [0.25, 0.3) is 0 Å². The second kappa shape index (κ2) is 11.8. The van der Waals surface area contributed by atoms with E-state index in [4.69, 9.17) is 4.74 Å². The molecule has 2 aromatic rings. The summed E-state index contributed by atoms with van der Waals surface area (Å²) in [6, 6.07) is 6.64. The lowest BCUT2D eigenvalue weighted by molar-refractivity contribution is 0.0313. The van der Waals surface area contributed by atoms with E-state index in [-0.39, 0.29) is 42.3 Å². The molecule has 0 spiro atoms. The van der Waals surface area contributed by atoms with Gasteiger partial charge in [0.05, 0.1) is 19.2 Å². The van der Waals surface area contributed by atoms with Crippen molar-refractivity contribution in [3.8, 4) is 17.7 Å². The van der Waals surface area contributed by atoms with E-state index in [1.54, 1.807) is 31.1 Å². The van der Waals surface area contributed by atoms with Crippen LogP contribution in [0.4, 0.5) is 4.39 Å². The fraction of sp³-hybridized carbons (Fsp3) is 0.444.